The van der Waals surface area contributed by atoms with Gasteiger partial charge in [0.1, 0.15) is 29.3 Å². The number of ether oxygens (including phenoxy) is 1. The van der Waals surface area contributed by atoms with Crippen molar-refractivity contribution in [2.24, 2.45) is 0 Å². The molecule has 0 bridgehead atoms. The van der Waals surface area contributed by atoms with Gasteiger partial charge in [-0.25, -0.2) is 9.97 Å². The maximum atomic E-state index is 12.5. The molecule has 1 N–H and O–H groups in total. The third-order valence-corrected chi connectivity index (χ3v) is 4.41. The van der Waals surface area contributed by atoms with Gasteiger partial charge in [-0.05, 0) is 49.2 Å². The minimum atomic E-state index is -0.255. The van der Waals surface area contributed by atoms with Crippen LogP contribution >= 0.6 is 0 Å². The number of rotatable bonds is 5. The van der Waals surface area contributed by atoms with Crippen molar-refractivity contribution in [1.29, 1.82) is 0 Å². The Morgan fingerprint density at radius 2 is 1.63 bits per heavy atom. The predicted octanol–water partition coefficient (Wildman–Crippen LogP) is 4.12. The highest BCUT2D eigenvalue weighted by molar-refractivity contribution is 6.03. The minimum absolute atomic E-state index is 0.255. The smallest absolute Gasteiger partial charge is 0.274 e. The van der Waals surface area contributed by atoms with Crippen molar-refractivity contribution < 1.29 is 9.53 Å². The minimum Gasteiger partial charge on any atom is -0.457 e. The molecule has 0 spiro atoms. The zero-order valence-electron chi connectivity index (χ0n) is 14.8. The zero-order valence-corrected chi connectivity index (χ0v) is 14.8. The first kappa shape index (κ1) is 17.0. The molecule has 1 fully saturated rings. The van der Waals surface area contributed by atoms with Crippen molar-refractivity contribution in [3.63, 3.8) is 0 Å². The summed E-state index contributed by atoms with van der Waals surface area (Å²) >= 11 is 0. The molecule has 2 aromatic carbocycles. The highest BCUT2D eigenvalue weighted by Crippen LogP contribution is 2.23. The van der Waals surface area contributed by atoms with Gasteiger partial charge in [-0.1, -0.05) is 18.2 Å². The Labute approximate surface area is 157 Å². The SMILES string of the molecule is O=C(Nc1ccc(Oc2ccccc2)cc1)c1cc(N2CCCC2)ncn1. The average Bonchev–Trinajstić information content (AvgIpc) is 3.25. The summed E-state index contributed by atoms with van der Waals surface area (Å²) < 4.78 is 5.76. The Morgan fingerprint density at radius 1 is 0.926 bits per heavy atom. The molecule has 136 valence electrons. The van der Waals surface area contributed by atoms with Crippen molar-refractivity contribution in [1.82, 2.24) is 9.97 Å². The molecule has 1 aliphatic heterocycles. The number of para-hydroxylation sites is 1. The van der Waals surface area contributed by atoms with Crippen molar-refractivity contribution >= 4 is 17.4 Å². The van der Waals surface area contributed by atoms with Crippen molar-refractivity contribution in [2.45, 2.75) is 12.8 Å². The number of carbonyl (C=O) groups is 1. The van der Waals surface area contributed by atoms with E-state index in [2.05, 4.69) is 20.2 Å². The Balaban J connectivity index is 1.41. The van der Waals surface area contributed by atoms with E-state index in [1.165, 1.54) is 6.33 Å². The molecule has 0 saturated carbocycles. The van der Waals surface area contributed by atoms with E-state index in [-0.39, 0.29) is 5.91 Å². The molecule has 1 aliphatic rings. The van der Waals surface area contributed by atoms with E-state index in [4.69, 9.17) is 4.74 Å². The first-order valence-electron chi connectivity index (χ1n) is 8.99. The first-order chi connectivity index (χ1) is 13.3. The van der Waals surface area contributed by atoms with Crippen LogP contribution in [0.15, 0.2) is 67.0 Å². The summed E-state index contributed by atoms with van der Waals surface area (Å²) in [6.07, 6.45) is 3.76. The molecular formula is C21H20N4O2. The van der Waals surface area contributed by atoms with Gasteiger partial charge in [-0.15, -0.1) is 0 Å². The van der Waals surface area contributed by atoms with Gasteiger partial charge in [0.05, 0.1) is 0 Å². The zero-order chi connectivity index (χ0) is 18.5. The van der Waals surface area contributed by atoms with E-state index in [9.17, 15) is 4.79 Å². The van der Waals surface area contributed by atoms with Crippen LogP contribution in [0.5, 0.6) is 11.5 Å². The fraction of sp³-hybridized carbons (Fsp3) is 0.190. The predicted molar refractivity (Wildman–Crippen MR) is 104 cm³/mol. The first-order valence-corrected chi connectivity index (χ1v) is 8.99. The topological polar surface area (TPSA) is 67.3 Å². The van der Waals surface area contributed by atoms with Gasteiger partial charge in [0.2, 0.25) is 0 Å². The Bertz CT molecular complexity index is 907. The fourth-order valence-corrected chi connectivity index (χ4v) is 3.02. The van der Waals surface area contributed by atoms with Crippen LogP contribution in [0.4, 0.5) is 11.5 Å². The van der Waals surface area contributed by atoms with Crippen LogP contribution in [0.1, 0.15) is 23.3 Å². The maximum absolute atomic E-state index is 12.5. The lowest BCUT2D eigenvalue weighted by molar-refractivity contribution is 0.102. The number of nitrogens with zero attached hydrogens (tertiary/aromatic N) is 3. The van der Waals surface area contributed by atoms with Crippen molar-refractivity contribution in [2.75, 3.05) is 23.3 Å². The number of hydrogen-bond donors (Lipinski definition) is 1. The highest BCUT2D eigenvalue weighted by atomic mass is 16.5. The summed E-state index contributed by atoms with van der Waals surface area (Å²) in [6, 6.07) is 18.5. The largest absolute Gasteiger partial charge is 0.457 e. The Kier molecular flexibility index (Phi) is 4.96. The van der Waals surface area contributed by atoms with Crippen LogP contribution in [0.2, 0.25) is 0 Å². The molecule has 6 heteroatoms. The van der Waals surface area contributed by atoms with Crippen LogP contribution in [-0.4, -0.2) is 29.0 Å². The van der Waals surface area contributed by atoms with Crippen LogP contribution in [0.25, 0.3) is 0 Å². The third kappa shape index (κ3) is 4.23. The molecule has 6 nitrogen and oxygen atoms in total. The van der Waals surface area contributed by atoms with Gasteiger partial charge >= 0.3 is 0 Å². The van der Waals surface area contributed by atoms with E-state index in [0.29, 0.717) is 17.1 Å². The lowest BCUT2D eigenvalue weighted by Crippen LogP contribution is -2.21. The molecule has 0 aliphatic carbocycles. The molecule has 27 heavy (non-hydrogen) atoms. The van der Waals surface area contributed by atoms with Crippen LogP contribution in [0, 0.1) is 0 Å². The summed E-state index contributed by atoms with van der Waals surface area (Å²) in [4.78, 5) is 23.1. The molecule has 4 rings (SSSR count). The third-order valence-electron chi connectivity index (χ3n) is 4.41. The molecule has 0 atom stereocenters. The van der Waals surface area contributed by atoms with E-state index >= 15 is 0 Å². The lowest BCUT2D eigenvalue weighted by atomic mass is 10.2. The Hall–Kier alpha value is -3.41. The van der Waals surface area contributed by atoms with E-state index in [1.807, 2.05) is 42.5 Å². The summed E-state index contributed by atoms with van der Waals surface area (Å²) in [7, 11) is 0. The van der Waals surface area contributed by atoms with Gasteiger partial charge in [0.25, 0.3) is 5.91 Å². The van der Waals surface area contributed by atoms with Gasteiger partial charge in [0.15, 0.2) is 0 Å². The van der Waals surface area contributed by atoms with Gasteiger partial charge in [0, 0.05) is 24.8 Å². The quantitative estimate of drug-likeness (QED) is 0.741. The molecular weight excluding hydrogens is 340 g/mol. The van der Waals surface area contributed by atoms with Gasteiger partial charge in [-0.2, -0.15) is 0 Å². The van der Waals surface area contributed by atoms with Crippen LogP contribution in [0.3, 0.4) is 0 Å². The van der Waals surface area contributed by atoms with Crippen LogP contribution < -0.4 is 15.0 Å². The number of carbonyl (C=O) groups excluding carboxylic acids is 1. The number of benzene rings is 2. The summed E-state index contributed by atoms with van der Waals surface area (Å²) in [5.74, 6) is 2.02. The normalized spacial score (nSPS) is 13.4. The summed E-state index contributed by atoms with van der Waals surface area (Å²) in [5, 5.41) is 2.86. The number of anilines is 2. The maximum Gasteiger partial charge on any atom is 0.274 e. The molecule has 0 unspecified atom stereocenters. The van der Waals surface area contributed by atoms with E-state index in [1.54, 1.807) is 18.2 Å². The average molecular weight is 360 g/mol. The van der Waals surface area contributed by atoms with Crippen molar-refractivity contribution in [3.8, 4) is 11.5 Å². The van der Waals surface area contributed by atoms with Crippen molar-refractivity contribution in [3.05, 3.63) is 72.7 Å². The summed E-state index contributed by atoms with van der Waals surface area (Å²) in [6.45, 7) is 1.95. The van der Waals surface area contributed by atoms with E-state index < -0.39 is 0 Å². The highest BCUT2D eigenvalue weighted by Gasteiger charge is 2.16. The monoisotopic (exact) mass is 360 g/mol. The van der Waals surface area contributed by atoms with E-state index in [0.717, 1.165) is 37.5 Å². The lowest BCUT2D eigenvalue weighted by Gasteiger charge is -2.16. The fourth-order valence-electron chi connectivity index (χ4n) is 3.02. The number of aromatic nitrogens is 2. The number of amides is 1. The Morgan fingerprint density at radius 3 is 2.37 bits per heavy atom. The second kappa shape index (κ2) is 7.86. The van der Waals surface area contributed by atoms with Crippen LogP contribution in [-0.2, 0) is 0 Å². The van der Waals surface area contributed by atoms with Gasteiger partial charge in [-0.3, -0.25) is 4.79 Å². The standard InChI is InChI=1S/C21H20N4O2/c26-21(19-14-20(23-15-22-19)25-12-4-5-13-25)24-16-8-10-18(11-9-16)27-17-6-2-1-3-7-17/h1-3,6-11,14-15H,4-5,12-13H2,(H,24,26). The molecule has 1 aromatic heterocycles. The second-order valence-corrected chi connectivity index (χ2v) is 6.35. The molecule has 2 heterocycles. The number of hydrogen-bond acceptors (Lipinski definition) is 5. The van der Waals surface area contributed by atoms with Gasteiger partial charge < -0.3 is 15.0 Å². The summed E-state index contributed by atoms with van der Waals surface area (Å²) in [5.41, 5.74) is 1.04. The number of nitrogens with one attached hydrogen (secondary N) is 1. The molecule has 3 aromatic rings. The molecule has 1 amide bonds. The second-order valence-electron chi connectivity index (χ2n) is 6.35. The molecule has 0 radical (unpaired) electrons. The molecule has 1 saturated heterocycles.